The third-order valence-corrected chi connectivity index (χ3v) is 3.42. The summed E-state index contributed by atoms with van der Waals surface area (Å²) in [6.45, 7) is 2.73. The first kappa shape index (κ1) is 11.2. The van der Waals surface area contributed by atoms with Crippen molar-refractivity contribution in [2.45, 2.75) is 19.4 Å². The Kier molecular flexibility index (Phi) is 2.76. The summed E-state index contributed by atoms with van der Waals surface area (Å²) in [5.41, 5.74) is 3.50. The van der Waals surface area contributed by atoms with Crippen molar-refractivity contribution in [3.05, 3.63) is 53.7 Å². The molecular weight excluding hydrogens is 224 g/mol. The van der Waals surface area contributed by atoms with Gasteiger partial charge in [-0.15, -0.1) is 0 Å². The molecule has 1 aliphatic heterocycles. The molecule has 0 saturated heterocycles. The van der Waals surface area contributed by atoms with Crippen LogP contribution in [-0.4, -0.2) is 16.6 Å². The zero-order chi connectivity index (χ0) is 12.5. The number of hydrogen-bond acceptors (Lipinski definition) is 3. The van der Waals surface area contributed by atoms with Crippen molar-refractivity contribution in [1.29, 1.82) is 0 Å². The number of aromatic nitrogens is 1. The molecule has 1 aromatic heterocycles. The number of aliphatic hydroxyl groups excluding tert-OH is 1. The Morgan fingerprint density at radius 2 is 2.11 bits per heavy atom. The second kappa shape index (κ2) is 4.42. The molecule has 0 radical (unpaired) electrons. The molecule has 3 heteroatoms. The van der Waals surface area contributed by atoms with Gasteiger partial charge in [0.1, 0.15) is 5.82 Å². The summed E-state index contributed by atoms with van der Waals surface area (Å²) in [4.78, 5) is 6.63. The average Bonchev–Trinajstić information content (AvgIpc) is 2.82. The van der Waals surface area contributed by atoms with E-state index in [1.807, 2.05) is 12.1 Å². The van der Waals surface area contributed by atoms with Crippen molar-refractivity contribution in [3.63, 3.8) is 0 Å². The molecule has 0 spiro atoms. The quantitative estimate of drug-likeness (QED) is 0.877. The first-order valence-electron chi connectivity index (χ1n) is 6.25. The lowest BCUT2D eigenvalue weighted by Gasteiger charge is -2.19. The Morgan fingerprint density at radius 1 is 1.28 bits per heavy atom. The van der Waals surface area contributed by atoms with Crippen molar-refractivity contribution in [2.75, 3.05) is 11.4 Å². The van der Waals surface area contributed by atoms with Crippen LogP contribution >= 0.6 is 0 Å². The van der Waals surface area contributed by atoms with Crippen LogP contribution in [0.2, 0.25) is 0 Å². The van der Waals surface area contributed by atoms with Gasteiger partial charge in [0.15, 0.2) is 0 Å². The van der Waals surface area contributed by atoms with Gasteiger partial charge in [-0.05, 0) is 42.7 Å². The predicted octanol–water partition coefficient (Wildman–Crippen LogP) is 2.83. The van der Waals surface area contributed by atoms with Crippen LogP contribution in [-0.2, 0) is 6.42 Å². The molecule has 18 heavy (non-hydrogen) atoms. The Morgan fingerprint density at radius 3 is 2.94 bits per heavy atom. The molecule has 1 atom stereocenters. The van der Waals surface area contributed by atoms with Crippen molar-refractivity contribution in [2.24, 2.45) is 0 Å². The summed E-state index contributed by atoms with van der Waals surface area (Å²) < 4.78 is 0. The number of anilines is 2. The maximum atomic E-state index is 9.64. The lowest BCUT2D eigenvalue weighted by atomic mass is 10.1. The lowest BCUT2D eigenvalue weighted by molar-refractivity contribution is 0.199. The third kappa shape index (κ3) is 1.87. The molecule has 0 amide bonds. The summed E-state index contributed by atoms with van der Waals surface area (Å²) >= 11 is 0. The first-order valence-corrected chi connectivity index (χ1v) is 6.25. The number of fused-ring (bicyclic) bond motifs is 1. The average molecular weight is 240 g/mol. The largest absolute Gasteiger partial charge is 0.389 e. The number of rotatable bonds is 2. The van der Waals surface area contributed by atoms with Gasteiger partial charge in [-0.2, -0.15) is 0 Å². The minimum atomic E-state index is -0.454. The topological polar surface area (TPSA) is 36.4 Å². The van der Waals surface area contributed by atoms with Gasteiger partial charge >= 0.3 is 0 Å². The van der Waals surface area contributed by atoms with Crippen LogP contribution in [0.4, 0.5) is 11.5 Å². The van der Waals surface area contributed by atoms with Gasteiger partial charge in [0.25, 0.3) is 0 Å². The van der Waals surface area contributed by atoms with Crippen LogP contribution in [0, 0.1) is 0 Å². The minimum absolute atomic E-state index is 0.454. The number of para-hydroxylation sites is 1. The predicted molar refractivity (Wildman–Crippen MR) is 72.0 cm³/mol. The van der Waals surface area contributed by atoms with Crippen molar-refractivity contribution >= 4 is 11.5 Å². The van der Waals surface area contributed by atoms with E-state index >= 15 is 0 Å². The van der Waals surface area contributed by atoms with E-state index in [2.05, 4.69) is 34.1 Å². The normalized spacial score (nSPS) is 15.6. The fourth-order valence-corrected chi connectivity index (χ4v) is 2.42. The highest BCUT2D eigenvalue weighted by atomic mass is 16.3. The Labute approximate surface area is 107 Å². The summed E-state index contributed by atoms with van der Waals surface area (Å²) in [5, 5.41) is 9.64. The lowest BCUT2D eigenvalue weighted by Crippen LogP contribution is -2.15. The molecule has 2 aromatic rings. The second-order valence-electron chi connectivity index (χ2n) is 4.65. The zero-order valence-electron chi connectivity index (χ0n) is 10.4. The van der Waals surface area contributed by atoms with Gasteiger partial charge in [0.2, 0.25) is 0 Å². The van der Waals surface area contributed by atoms with Gasteiger partial charge in [0.05, 0.1) is 6.10 Å². The molecule has 1 N–H and O–H groups in total. The smallest absolute Gasteiger partial charge is 0.133 e. The van der Waals surface area contributed by atoms with Crippen molar-refractivity contribution < 1.29 is 5.11 Å². The van der Waals surface area contributed by atoms with E-state index in [-0.39, 0.29) is 0 Å². The number of pyridine rings is 1. The van der Waals surface area contributed by atoms with E-state index in [0.717, 1.165) is 24.3 Å². The summed E-state index contributed by atoms with van der Waals surface area (Å²) in [7, 11) is 0. The second-order valence-corrected chi connectivity index (χ2v) is 4.65. The van der Waals surface area contributed by atoms with Crippen LogP contribution in [0.1, 0.15) is 24.2 Å². The van der Waals surface area contributed by atoms with Crippen LogP contribution in [0.3, 0.4) is 0 Å². The van der Waals surface area contributed by atoms with Gasteiger partial charge in [-0.1, -0.05) is 18.2 Å². The standard InChI is InChI=1S/C15H16N2O/c1-11(18)13-6-8-16-15(10-13)17-9-7-12-4-2-3-5-14(12)17/h2-6,8,10-11,18H,7,9H2,1H3/t11-/m0/s1. The molecule has 0 fully saturated rings. The highest BCUT2D eigenvalue weighted by Crippen LogP contribution is 2.33. The molecule has 92 valence electrons. The monoisotopic (exact) mass is 240 g/mol. The molecule has 0 saturated carbocycles. The number of hydrogen-bond donors (Lipinski definition) is 1. The van der Waals surface area contributed by atoms with E-state index < -0.39 is 6.10 Å². The summed E-state index contributed by atoms with van der Waals surface area (Å²) in [6.07, 6.45) is 2.36. The molecule has 1 aliphatic rings. The highest BCUT2D eigenvalue weighted by molar-refractivity contribution is 5.67. The van der Waals surface area contributed by atoms with E-state index in [1.165, 1.54) is 11.3 Å². The van der Waals surface area contributed by atoms with E-state index in [4.69, 9.17) is 0 Å². The Bertz CT molecular complexity index is 566. The van der Waals surface area contributed by atoms with E-state index in [1.54, 1.807) is 13.1 Å². The Hall–Kier alpha value is -1.87. The molecule has 2 heterocycles. The van der Waals surface area contributed by atoms with Gasteiger partial charge in [-0.25, -0.2) is 4.98 Å². The molecule has 0 bridgehead atoms. The van der Waals surface area contributed by atoms with E-state index in [9.17, 15) is 5.11 Å². The molecule has 1 aromatic carbocycles. The van der Waals surface area contributed by atoms with Gasteiger partial charge in [0, 0.05) is 18.4 Å². The summed E-state index contributed by atoms with van der Waals surface area (Å²) in [5.74, 6) is 0.915. The number of nitrogens with zero attached hydrogens (tertiary/aromatic N) is 2. The third-order valence-electron chi connectivity index (χ3n) is 3.42. The van der Waals surface area contributed by atoms with Crippen LogP contribution in [0.5, 0.6) is 0 Å². The van der Waals surface area contributed by atoms with E-state index in [0.29, 0.717) is 0 Å². The summed E-state index contributed by atoms with van der Waals surface area (Å²) in [6, 6.07) is 12.2. The maximum Gasteiger partial charge on any atom is 0.133 e. The van der Waals surface area contributed by atoms with Crippen LogP contribution in [0.15, 0.2) is 42.6 Å². The Balaban J connectivity index is 2.00. The molecule has 3 rings (SSSR count). The molecule has 0 unspecified atom stereocenters. The zero-order valence-corrected chi connectivity index (χ0v) is 10.4. The first-order chi connectivity index (χ1) is 8.75. The highest BCUT2D eigenvalue weighted by Gasteiger charge is 2.20. The molecule has 0 aliphatic carbocycles. The fraction of sp³-hybridized carbons (Fsp3) is 0.267. The van der Waals surface area contributed by atoms with Gasteiger partial charge in [-0.3, -0.25) is 0 Å². The van der Waals surface area contributed by atoms with Crippen LogP contribution < -0.4 is 4.90 Å². The van der Waals surface area contributed by atoms with Gasteiger partial charge < -0.3 is 10.0 Å². The minimum Gasteiger partial charge on any atom is -0.389 e. The van der Waals surface area contributed by atoms with Crippen LogP contribution in [0.25, 0.3) is 0 Å². The molecule has 3 nitrogen and oxygen atoms in total. The number of benzene rings is 1. The van der Waals surface area contributed by atoms with Crippen molar-refractivity contribution in [3.8, 4) is 0 Å². The fourth-order valence-electron chi connectivity index (χ4n) is 2.42. The SMILES string of the molecule is C[C@H](O)c1ccnc(N2CCc3ccccc32)c1. The molecular formula is C15H16N2O. The number of aliphatic hydroxyl groups is 1. The maximum absolute atomic E-state index is 9.64. The van der Waals surface area contributed by atoms with Crippen molar-refractivity contribution in [1.82, 2.24) is 4.98 Å².